The number of para-hydroxylation sites is 2. The largest absolute Gasteiger partial charge is 0.506 e. The minimum absolute atomic E-state index is 0.0688. The maximum Gasteiger partial charge on any atom is 0.261 e. The average Bonchev–Trinajstić information content (AvgIpc) is 2.67. The lowest BCUT2D eigenvalue weighted by Crippen LogP contribution is -2.19. The van der Waals surface area contributed by atoms with E-state index in [0.717, 1.165) is 23.2 Å². The van der Waals surface area contributed by atoms with Gasteiger partial charge in [-0.25, -0.2) is 4.99 Å². The molecule has 3 rings (SSSR count). The normalized spacial score (nSPS) is 11.9. The van der Waals surface area contributed by atoms with Crippen molar-refractivity contribution in [2.75, 3.05) is 5.32 Å². The molecule has 1 heterocycles. The van der Waals surface area contributed by atoms with Crippen LogP contribution in [0.3, 0.4) is 0 Å². The predicted octanol–water partition coefficient (Wildman–Crippen LogP) is 4.91. The number of thiocarbonyl (C=S) groups is 1. The molecule has 0 bridgehead atoms. The Bertz CT molecular complexity index is 1160. The van der Waals surface area contributed by atoms with E-state index in [0.29, 0.717) is 10.9 Å². The molecule has 0 saturated carbocycles. The second-order valence-electron chi connectivity index (χ2n) is 7.89. The number of nitrogens with zero attached hydrogens (tertiary/aromatic N) is 1. The Morgan fingerprint density at radius 1 is 1.21 bits per heavy atom. The fraction of sp³-hybridized carbons (Fsp3) is 0.261. The van der Waals surface area contributed by atoms with Gasteiger partial charge in [0.25, 0.3) is 5.56 Å². The number of anilines is 1. The molecule has 5 nitrogen and oxygen atoms in total. The lowest BCUT2D eigenvalue weighted by molar-refractivity contribution is 0.479. The summed E-state index contributed by atoms with van der Waals surface area (Å²) >= 11 is 5.40. The Hall–Kier alpha value is -2.99. The number of pyridine rings is 1. The highest BCUT2D eigenvalue weighted by Gasteiger charge is 2.20. The summed E-state index contributed by atoms with van der Waals surface area (Å²) in [6.07, 6.45) is 2.16. The Kier molecular flexibility index (Phi) is 5.84. The number of rotatable bonds is 3. The first kappa shape index (κ1) is 20.7. The molecule has 0 spiro atoms. The van der Waals surface area contributed by atoms with Gasteiger partial charge in [0.15, 0.2) is 5.11 Å². The van der Waals surface area contributed by atoms with Gasteiger partial charge < -0.3 is 15.4 Å². The van der Waals surface area contributed by atoms with Crippen molar-refractivity contribution in [2.24, 2.45) is 4.99 Å². The first-order valence-corrected chi connectivity index (χ1v) is 9.94. The summed E-state index contributed by atoms with van der Waals surface area (Å²) in [6, 6.07) is 13.2. The van der Waals surface area contributed by atoms with Gasteiger partial charge >= 0.3 is 0 Å². The molecular weight excluding hydrogens is 382 g/mol. The van der Waals surface area contributed by atoms with Gasteiger partial charge in [-0.1, -0.05) is 58.0 Å². The smallest absolute Gasteiger partial charge is 0.261 e. The van der Waals surface area contributed by atoms with Gasteiger partial charge in [-0.2, -0.15) is 0 Å². The molecule has 0 aliphatic rings. The minimum Gasteiger partial charge on any atom is -0.506 e. The second kappa shape index (κ2) is 8.17. The third kappa shape index (κ3) is 4.38. The van der Waals surface area contributed by atoms with Crippen molar-refractivity contribution < 1.29 is 5.11 Å². The number of hydrogen-bond acceptors (Lipinski definition) is 3. The van der Waals surface area contributed by atoms with Crippen LogP contribution >= 0.6 is 12.2 Å². The molecule has 1 aromatic heterocycles. The van der Waals surface area contributed by atoms with Gasteiger partial charge in [-0.3, -0.25) is 4.79 Å². The zero-order valence-corrected chi connectivity index (χ0v) is 17.9. The number of hydrogen-bond donors (Lipinski definition) is 3. The molecule has 0 saturated heterocycles. The summed E-state index contributed by atoms with van der Waals surface area (Å²) in [5.41, 5.74) is 3.38. The summed E-state index contributed by atoms with van der Waals surface area (Å²) in [4.78, 5) is 19.3. The van der Waals surface area contributed by atoms with Crippen LogP contribution in [0.1, 0.15) is 44.4 Å². The number of aryl methyl sites for hydroxylation is 1. The molecule has 6 heteroatoms. The van der Waals surface area contributed by atoms with Crippen LogP contribution in [0.4, 0.5) is 5.69 Å². The third-order valence-corrected chi connectivity index (χ3v) is 5.02. The third-order valence-electron chi connectivity index (χ3n) is 4.81. The highest BCUT2D eigenvalue weighted by Crippen LogP contribution is 2.32. The average molecular weight is 408 g/mol. The lowest BCUT2D eigenvalue weighted by Gasteiger charge is -2.25. The fourth-order valence-corrected chi connectivity index (χ4v) is 3.45. The van der Waals surface area contributed by atoms with Gasteiger partial charge in [-0.15, -0.1) is 0 Å². The van der Waals surface area contributed by atoms with Crippen molar-refractivity contribution in [1.29, 1.82) is 0 Å². The van der Waals surface area contributed by atoms with E-state index in [4.69, 9.17) is 12.2 Å². The first-order chi connectivity index (χ1) is 13.7. The lowest BCUT2D eigenvalue weighted by atomic mass is 9.84. The van der Waals surface area contributed by atoms with Crippen LogP contribution < -0.4 is 10.9 Å². The van der Waals surface area contributed by atoms with E-state index in [9.17, 15) is 9.90 Å². The quantitative estimate of drug-likeness (QED) is 0.426. The van der Waals surface area contributed by atoms with Crippen LogP contribution in [0.15, 0.2) is 52.3 Å². The number of H-pyrrole nitrogens is 1. The number of aromatic hydroxyl groups is 1. The van der Waals surface area contributed by atoms with Gasteiger partial charge in [0.1, 0.15) is 11.3 Å². The number of aromatic nitrogens is 1. The van der Waals surface area contributed by atoms with Crippen molar-refractivity contribution >= 4 is 40.1 Å². The predicted molar refractivity (Wildman–Crippen MR) is 125 cm³/mol. The van der Waals surface area contributed by atoms with Gasteiger partial charge in [0.2, 0.25) is 0 Å². The van der Waals surface area contributed by atoms with E-state index < -0.39 is 5.56 Å². The highest BCUT2D eigenvalue weighted by atomic mass is 32.1. The van der Waals surface area contributed by atoms with Gasteiger partial charge in [0, 0.05) is 17.3 Å². The first-order valence-electron chi connectivity index (χ1n) is 9.53. The SMILES string of the molecule is CCc1cccc(C(C)(C)C)c1NC(=S)/N=C/c1c(O)c2ccccc2[nH]c1=O. The molecule has 0 aliphatic heterocycles. The number of nitrogens with one attached hydrogen (secondary N) is 2. The molecule has 3 aromatic rings. The van der Waals surface area contributed by atoms with E-state index in [1.165, 1.54) is 6.21 Å². The van der Waals surface area contributed by atoms with Crippen LogP contribution in [-0.4, -0.2) is 21.4 Å². The van der Waals surface area contributed by atoms with Crippen molar-refractivity contribution in [1.82, 2.24) is 4.98 Å². The molecule has 150 valence electrons. The molecule has 29 heavy (non-hydrogen) atoms. The molecule has 0 radical (unpaired) electrons. The molecular formula is C23H25N3O2S. The highest BCUT2D eigenvalue weighted by molar-refractivity contribution is 7.80. The van der Waals surface area contributed by atoms with Crippen LogP contribution in [0.2, 0.25) is 0 Å². The molecule has 0 atom stereocenters. The van der Waals surface area contributed by atoms with Crippen molar-refractivity contribution in [3.63, 3.8) is 0 Å². The zero-order valence-electron chi connectivity index (χ0n) is 17.0. The summed E-state index contributed by atoms with van der Waals surface area (Å²) in [7, 11) is 0. The summed E-state index contributed by atoms with van der Waals surface area (Å²) in [5.74, 6) is -0.111. The van der Waals surface area contributed by atoms with E-state index in [-0.39, 0.29) is 21.8 Å². The van der Waals surface area contributed by atoms with E-state index >= 15 is 0 Å². The Morgan fingerprint density at radius 3 is 2.62 bits per heavy atom. The molecule has 0 fully saturated rings. The van der Waals surface area contributed by atoms with E-state index in [2.05, 4.69) is 55.1 Å². The molecule has 2 aromatic carbocycles. The maximum absolute atomic E-state index is 12.3. The standard InChI is InChI=1S/C23H25N3O2S/c1-5-14-9-8-11-17(23(2,3)4)19(14)26-22(29)24-13-16-20(27)15-10-6-7-12-18(15)25-21(16)28/h6-13H,5H2,1-4H3,(H,26,29)(H2,25,27,28)/b24-13+. The van der Waals surface area contributed by atoms with Gasteiger partial charge in [0.05, 0.1) is 5.52 Å². The van der Waals surface area contributed by atoms with Crippen LogP contribution in [0, 0.1) is 0 Å². The molecule has 0 amide bonds. The van der Waals surface area contributed by atoms with E-state index in [1.54, 1.807) is 24.3 Å². The van der Waals surface area contributed by atoms with Gasteiger partial charge in [-0.05, 0) is 47.3 Å². The van der Waals surface area contributed by atoms with Crippen LogP contribution in [0.25, 0.3) is 10.9 Å². The summed E-state index contributed by atoms with van der Waals surface area (Å²) in [6.45, 7) is 8.52. The number of aromatic amines is 1. The Balaban J connectivity index is 1.94. The summed E-state index contributed by atoms with van der Waals surface area (Å²) in [5, 5.41) is 14.5. The monoisotopic (exact) mass is 407 g/mol. The molecule has 0 aliphatic carbocycles. The van der Waals surface area contributed by atoms with Crippen molar-refractivity contribution in [3.05, 3.63) is 69.5 Å². The van der Waals surface area contributed by atoms with Crippen LogP contribution in [-0.2, 0) is 11.8 Å². The molecule has 3 N–H and O–H groups in total. The minimum atomic E-state index is -0.419. The Morgan fingerprint density at radius 2 is 1.93 bits per heavy atom. The van der Waals surface area contributed by atoms with E-state index in [1.807, 2.05) is 6.07 Å². The number of benzene rings is 2. The van der Waals surface area contributed by atoms with Crippen molar-refractivity contribution in [3.8, 4) is 5.75 Å². The second-order valence-corrected chi connectivity index (χ2v) is 8.28. The maximum atomic E-state index is 12.3. The molecule has 0 unspecified atom stereocenters. The zero-order chi connectivity index (χ0) is 21.2. The van der Waals surface area contributed by atoms with Crippen LogP contribution in [0.5, 0.6) is 5.75 Å². The van der Waals surface area contributed by atoms with Crippen molar-refractivity contribution in [2.45, 2.75) is 39.5 Å². The Labute approximate surface area is 175 Å². The summed E-state index contributed by atoms with van der Waals surface area (Å²) < 4.78 is 0. The topological polar surface area (TPSA) is 77.5 Å². The number of aliphatic imine (C=N–C) groups is 1. The fourth-order valence-electron chi connectivity index (χ4n) is 3.29. The number of fused-ring (bicyclic) bond motifs is 1.